The summed E-state index contributed by atoms with van der Waals surface area (Å²) in [5.74, 6) is 0.325. The molecule has 1 amide bonds. The van der Waals surface area contributed by atoms with E-state index in [-0.39, 0.29) is 0 Å². The van der Waals surface area contributed by atoms with E-state index in [0.717, 1.165) is 43.1 Å². The molecule has 2 saturated heterocycles. The zero-order chi connectivity index (χ0) is 16.2. The lowest BCUT2D eigenvalue weighted by Crippen LogP contribution is -2.42. The molecule has 0 aromatic heterocycles. The molecule has 0 N–H and O–H groups in total. The maximum Gasteiger partial charge on any atom is 0.222 e. The van der Waals surface area contributed by atoms with E-state index in [1.165, 1.54) is 6.42 Å². The van der Waals surface area contributed by atoms with E-state index in [1.54, 1.807) is 0 Å². The first-order valence-corrected chi connectivity index (χ1v) is 9.01. The Kier molecular flexibility index (Phi) is 5.39. The molecule has 2 heterocycles. The van der Waals surface area contributed by atoms with Gasteiger partial charge in [-0.15, -0.1) is 0 Å². The summed E-state index contributed by atoms with van der Waals surface area (Å²) >= 11 is 6.18. The molecule has 3 rings (SSSR count). The Morgan fingerprint density at radius 2 is 2.04 bits per heavy atom. The molecule has 4 heteroatoms. The summed E-state index contributed by atoms with van der Waals surface area (Å²) < 4.78 is 0. The van der Waals surface area contributed by atoms with E-state index in [9.17, 15) is 4.79 Å². The molecule has 2 fully saturated rings. The third-order valence-corrected chi connectivity index (χ3v) is 5.37. The Balaban J connectivity index is 1.60. The normalized spacial score (nSPS) is 25.0. The second kappa shape index (κ2) is 7.50. The van der Waals surface area contributed by atoms with Crippen LogP contribution in [0.2, 0.25) is 5.02 Å². The van der Waals surface area contributed by atoms with Crippen LogP contribution in [0.25, 0.3) is 6.08 Å². The van der Waals surface area contributed by atoms with Gasteiger partial charge in [-0.1, -0.05) is 48.9 Å². The maximum absolute atomic E-state index is 12.2. The van der Waals surface area contributed by atoms with Gasteiger partial charge in [0.15, 0.2) is 0 Å². The molecular weight excluding hydrogens is 308 g/mol. The van der Waals surface area contributed by atoms with Gasteiger partial charge < -0.3 is 4.90 Å². The first kappa shape index (κ1) is 16.5. The van der Waals surface area contributed by atoms with Crippen LogP contribution in [0.1, 0.15) is 38.2 Å². The Morgan fingerprint density at radius 1 is 1.26 bits per heavy atom. The summed E-state index contributed by atoms with van der Waals surface area (Å²) in [7, 11) is 0. The van der Waals surface area contributed by atoms with Gasteiger partial charge in [-0.2, -0.15) is 0 Å². The minimum absolute atomic E-state index is 0.325. The lowest BCUT2D eigenvalue weighted by molar-refractivity contribution is -0.133. The average molecular weight is 333 g/mol. The average Bonchev–Trinajstić information content (AvgIpc) is 2.85. The number of fused-ring (bicyclic) bond motifs is 2. The molecule has 124 valence electrons. The standard InChI is InChI=1S/C19H25ClN2O/c1-2-19(23)22-16-9-10-17(22)14-21(13-11-16)12-5-7-15-6-3-4-8-18(15)20/h3-8,16-17H,2,9-14H2,1H3. The van der Waals surface area contributed by atoms with Gasteiger partial charge in [0.1, 0.15) is 0 Å². The van der Waals surface area contributed by atoms with Crippen LogP contribution < -0.4 is 0 Å². The second-order valence-electron chi connectivity index (χ2n) is 6.51. The van der Waals surface area contributed by atoms with Crippen molar-refractivity contribution in [2.45, 2.75) is 44.7 Å². The maximum atomic E-state index is 12.2. The molecule has 23 heavy (non-hydrogen) atoms. The van der Waals surface area contributed by atoms with Crippen molar-refractivity contribution in [3.8, 4) is 0 Å². The third kappa shape index (κ3) is 3.78. The lowest BCUT2D eigenvalue weighted by atomic mass is 10.1. The lowest BCUT2D eigenvalue weighted by Gasteiger charge is -2.28. The van der Waals surface area contributed by atoms with Crippen molar-refractivity contribution in [3.05, 3.63) is 40.9 Å². The molecule has 2 unspecified atom stereocenters. The fraction of sp³-hybridized carbons (Fsp3) is 0.526. The number of rotatable bonds is 4. The molecule has 0 radical (unpaired) electrons. The fourth-order valence-electron chi connectivity index (χ4n) is 3.84. The van der Waals surface area contributed by atoms with E-state index in [4.69, 9.17) is 11.6 Å². The van der Waals surface area contributed by atoms with E-state index in [2.05, 4.69) is 22.0 Å². The van der Waals surface area contributed by atoms with Gasteiger partial charge in [0.05, 0.1) is 0 Å². The number of carbonyl (C=O) groups is 1. The number of benzene rings is 1. The molecule has 1 aromatic rings. The Morgan fingerprint density at radius 3 is 2.83 bits per heavy atom. The summed E-state index contributed by atoms with van der Waals surface area (Å²) in [6.07, 6.45) is 8.34. The monoisotopic (exact) mass is 332 g/mol. The predicted octanol–water partition coefficient (Wildman–Crippen LogP) is 3.83. The number of likely N-dealkylation sites (tertiary alicyclic amines) is 1. The van der Waals surface area contributed by atoms with Gasteiger partial charge in [0, 0.05) is 43.2 Å². The predicted molar refractivity (Wildman–Crippen MR) is 95.5 cm³/mol. The van der Waals surface area contributed by atoms with E-state index in [0.29, 0.717) is 24.4 Å². The van der Waals surface area contributed by atoms with Gasteiger partial charge in [-0.25, -0.2) is 0 Å². The van der Waals surface area contributed by atoms with Crippen LogP contribution in [0.15, 0.2) is 30.3 Å². The van der Waals surface area contributed by atoms with Crippen molar-refractivity contribution in [3.63, 3.8) is 0 Å². The second-order valence-corrected chi connectivity index (χ2v) is 6.92. The van der Waals surface area contributed by atoms with Crippen molar-refractivity contribution < 1.29 is 4.79 Å². The van der Waals surface area contributed by atoms with Crippen molar-refractivity contribution in [2.24, 2.45) is 0 Å². The summed E-state index contributed by atoms with van der Waals surface area (Å²) in [6.45, 7) is 4.95. The number of hydrogen-bond donors (Lipinski definition) is 0. The molecule has 1 aromatic carbocycles. The number of hydrogen-bond acceptors (Lipinski definition) is 2. The molecule has 2 aliphatic rings. The number of nitrogens with zero attached hydrogens (tertiary/aromatic N) is 2. The smallest absolute Gasteiger partial charge is 0.222 e. The summed E-state index contributed by atoms with van der Waals surface area (Å²) in [5, 5.41) is 0.790. The SMILES string of the molecule is CCC(=O)N1C2CCC1CN(CC=Cc1ccccc1Cl)CC2. The third-order valence-electron chi connectivity index (χ3n) is 5.02. The molecule has 0 saturated carbocycles. The van der Waals surface area contributed by atoms with Crippen LogP contribution in [-0.2, 0) is 4.79 Å². The Labute approximate surface area is 143 Å². The first-order valence-electron chi connectivity index (χ1n) is 8.63. The van der Waals surface area contributed by atoms with Crippen molar-refractivity contribution in [2.75, 3.05) is 19.6 Å². The van der Waals surface area contributed by atoms with Crippen LogP contribution in [-0.4, -0.2) is 47.4 Å². The fourth-order valence-corrected chi connectivity index (χ4v) is 4.04. The van der Waals surface area contributed by atoms with Gasteiger partial charge in [-0.05, 0) is 30.9 Å². The van der Waals surface area contributed by atoms with Crippen LogP contribution in [0, 0.1) is 0 Å². The summed E-state index contributed by atoms with van der Waals surface area (Å²) in [4.78, 5) is 16.8. The highest BCUT2D eigenvalue weighted by Crippen LogP contribution is 2.30. The summed E-state index contributed by atoms with van der Waals surface area (Å²) in [5.41, 5.74) is 1.06. The topological polar surface area (TPSA) is 23.6 Å². The molecule has 3 nitrogen and oxygen atoms in total. The molecule has 2 bridgehead atoms. The molecule has 0 spiro atoms. The summed E-state index contributed by atoms with van der Waals surface area (Å²) in [6, 6.07) is 8.77. The van der Waals surface area contributed by atoms with E-state index >= 15 is 0 Å². The number of halogens is 1. The molecule has 0 aliphatic carbocycles. The molecule has 2 atom stereocenters. The first-order chi connectivity index (χ1) is 11.2. The minimum Gasteiger partial charge on any atom is -0.335 e. The molecular formula is C19H25ClN2O. The minimum atomic E-state index is 0.325. The highest BCUT2D eigenvalue weighted by atomic mass is 35.5. The Bertz CT molecular complexity index is 586. The largest absolute Gasteiger partial charge is 0.335 e. The van der Waals surface area contributed by atoms with Crippen LogP contribution >= 0.6 is 11.6 Å². The van der Waals surface area contributed by atoms with Gasteiger partial charge in [-0.3, -0.25) is 9.69 Å². The molecule has 2 aliphatic heterocycles. The van der Waals surface area contributed by atoms with Crippen molar-refractivity contribution >= 4 is 23.6 Å². The Hall–Kier alpha value is -1.32. The van der Waals surface area contributed by atoms with Gasteiger partial charge in [0.2, 0.25) is 5.91 Å². The highest BCUT2D eigenvalue weighted by Gasteiger charge is 2.38. The van der Waals surface area contributed by atoms with Crippen molar-refractivity contribution in [1.82, 2.24) is 9.80 Å². The van der Waals surface area contributed by atoms with Crippen molar-refractivity contribution in [1.29, 1.82) is 0 Å². The highest BCUT2D eigenvalue weighted by molar-refractivity contribution is 6.32. The number of carbonyl (C=O) groups excluding carboxylic acids is 1. The zero-order valence-corrected chi connectivity index (χ0v) is 14.5. The van der Waals surface area contributed by atoms with E-state index in [1.807, 2.05) is 31.2 Å². The van der Waals surface area contributed by atoms with Gasteiger partial charge >= 0.3 is 0 Å². The van der Waals surface area contributed by atoms with Gasteiger partial charge in [0.25, 0.3) is 0 Å². The quantitative estimate of drug-likeness (QED) is 0.836. The van der Waals surface area contributed by atoms with Crippen LogP contribution in [0.5, 0.6) is 0 Å². The van der Waals surface area contributed by atoms with Crippen LogP contribution in [0.4, 0.5) is 0 Å². The zero-order valence-electron chi connectivity index (χ0n) is 13.7. The van der Waals surface area contributed by atoms with Crippen LogP contribution in [0.3, 0.4) is 0 Å². The number of amides is 1. The van der Waals surface area contributed by atoms with E-state index < -0.39 is 0 Å².